The van der Waals surface area contributed by atoms with Crippen LogP contribution in [0.2, 0.25) is 5.02 Å². The second kappa shape index (κ2) is 8.88. The summed E-state index contributed by atoms with van der Waals surface area (Å²) >= 11 is 8.27. The van der Waals surface area contributed by atoms with Gasteiger partial charge in [0.15, 0.2) is 0 Å². The molecule has 0 amide bonds. The zero-order valence-corrected chi connectivity index (χ0v) is 19.9. The molecule has 0 radical (unpaired) electrons. The lowest BCUT2D eigenvalue weighted by atomic mass is 9.85. The average molecular weight is 445 g/mol. The molecular weight excluding hydrogens is 415 g/mol. The van der Waals surface area contributed by atoms with Gasteiger partial charge < -0.3 is 9.47 Å². The third kappa shape index (κ3) is 4.34. The van der Waals surface area contributed by atoms with Crippen LogP contribution in [0.25, 0.3) is 11.3 Å². The lowest BCUT2D eigenvalue weighted by Gasteiger charge is -2.41. The van der Waals surface area contributed by atoms with Gasteiger partial charge in [0.25, 0.3) is 0 Å². The molecule has 0 unspecified atom stereocenters. The maximum absolute atomic E-state index is 6.55. The molecule has 4 nitrogen and oxygen atoms in total. The van der Waals surface area contributed by atoms with Crippen LogP contribution in [0.5, 0.6) is 5.75 Å². The van der Waals surface area contributed by atoms with Crippen LogP contribution in [0.3, 0.4) is 0 Å². The van der Waals surface area contributed by atoms with Crippen molar-refractivity contribution < 1.29 is 9.47 Å². The highest BCUT2D eigenvalue weighted by molar-refractivity contribution is 7.10. The number of halogens is 2. The number of benzene rings is 1. The minimum atomic E-state index is -0.0740. The Bertz CT molecular complexity index is 809. The molecule has 1 aliphatic heterocycles. The molecule has 156 valence electrons. The SMILES string of the molecule is COc1c(Cl)cc(-c2csc(C3(N(C)C)CCOCC3)n2)cc1C(C)(C)C.Cl. The molecule has 28 heavy (non-hydrogen) atoms. The van der Waals surface area contributed by atoms with E-state index in [2.05, 4.69) is 51.2 Å². The minimum Gasteiger partial charge on any atom is -0.495 e. The van der Waals surface area contributed by atoms with Gasteiger partial charge in [0.05, 0.1) is 23.4 Å². The Balaban J connectivity index is 0.00000280. The number of aromatic nitrogens is 1. The standard InChI is InChI=1S/C21H29ClN2O2S.ClH/c1-20(2,3)15-11-14(12-16(22)18(15)25-6)17-13-27-19(23-17)21(24(4)5)7-9-26-10-8-21;/h11-13H,7-10H2,1-6H3;1H. The fourth-order valence-corrected chi connectivity index (χ4v) is 5.15. The second-order valence-electron chi connectivity index (χ2n) is 8.37. The summed E-state index contributed by atoms with van der Waals surface area (Å²) in [6, 6.07) is 4.12. The highest BCUT2D eigenvalue weighted by Crippen LogP contribution is 2.43. The van der Waals surface area contributed by atoms with Gasteiger partial charge in [-0.2, -0.15) is 0 Å². The first-order valence-corrected chi connectivity index (χ1v) is 10.5. The Kier molecular flexibility index (Phi) is 7.43. The zero-order chi connectivity index (χ0) is 19.8. The van der Waals surface area contributed by atoms with E-state index in [1.54, 1.807) is 18.4 Å². The van der Waals surface area contributed by atoms with E-state index in [4.69, 9.17) is 26.1 Å². The molecule has 1 aromatic carbocycles. The molecule has 1 aliphatic rings. The van der Waals surface area contributed by atoms with Crippen molar-refractivity contribution in [3.8, 4) is 17.0 Å². The van der Waals surface area contributed by atoms with Crippen molar-refractivity contribution >= 4 is 35.3 Å². The van der Waals surface area contributed by atoms with E-state index in [9.17, 15) is 0 Å². The summed E-state index contributed by atoms with van der Waals surface area (Å²) in [6.45, 7) is 8.05. The van der Waals surface area contributed by atoms with Crippen molar-refractivity contribution in [2.24, 2.45) is 0 Å². The van der Waals surface area contributed by atoms with Gasteiger partial charge in [-0.05, 0) is 44.5 Å². The maximum Gasteiger partial charge on any atom is 0.141 e. The third-order valence-corrected chi connectivity index (χ3v) is 6.75. The van der Waals surface area contributed by atoms with Crippen LogP contribution in [0.15, 0.2) is 17.5 Å². The Morgan fingerprint density at radius 3 is 2.39 bits per heavy atom. The molecule has 2 aromatic rings. The molecule has 1 aromatic heterocycles. The maximum atomic E-state index is 6.55. The van der Waals surface area contributed by atoms with Crippen LogP contribution >= 0.6 is 35.3 Å². The molecule has 0 aliphatic carbocycles. The highest BCUT2D eigenvalue weighted by Gasteiger charge is 2.39. The van der Waals surface area contributed by atoms with Crippen molar-refractivity contribution in [2.45, 2.75) is 44.6 Å². The fourth-order valence-electron chi connectivity index (χ4n) is 3.69. The Morgan fingerprint density at radius 1 is 1.21 bits per heavy atom. The smallest absolute Gasteiger partial charge is 0.141 e. The van der Waals surface area contributed by atoms with Crippen molar-refractivity contribution in [3.63, 3.8) is 0 Å². The van der Waals surface area contributed by atoms with Crippen LogP contribution in [-0.4, -0.2) is 44.3 Å². The van der Waals surface area contributed by atoms with E-state index in [1.165, 1.54) is 0 Å². The van der Waals surface area contributed by atoms with Crippen LogP contribution in [0.4, 0.5) is 0 Å². The van der Waals surface area contributed by atoms with E-state index in [-0.39, 0.29) is 23.4 Å². The van der Waals surface area contributed by atoms with Gasteiger partial charge in [-0.15, -0.1) is 23.7 Å². The van der Waals surface area contributed by atoms with Gasteiger partial charge in [0.2, 0.25) is 0 Å². The summed E-state index contributed by atoms with van der Waals surface area (Å²) in [5, 5.41) is 3.92. The van der Waals surface area contributed by atoms with E-state index in [0.29, 0.717) is 5.02 Å². The quantitative estimate of drug-likeness (QED) is 0.600. The van der Waals surface area contributed by atoms with E-state index in [0.717, 1.165) is 53.6 Å². The predicted molar refractivity (Wildman–Crippen MR) is 120 cm³/mol. The highest BCUT2D eigenvalue weighted by atomic mass is 35.5. The van der Waals surface area contributed by atoms with E-state index >= 15 is 0 Å². The van der Waals surface area contributed by atoms with Gasteiger partial charge in [0, 0.05) is 29.7 Å². The average Bonchev–Trinajstić information content (AvgIpc) is 3.11. The predicted octanol–water partition coefficient (Wildman–Crippen LogP) is 5.76. The second-order valence-corrected chi connectivity index (χ2v) is 9.63. The first-order valence-electron chi connectivity index (χ1n) is 9.28. The molecule has 0 atom stereocenters. The molecule has 0 spiro atoms. The number of hydrogen-bond acceptors (Lipinski definition) is 5. The number of methoxy groups -OCH3 is 1. The lowest BCUT2D eigenvalue weighted by molar-refractivity contribution is -0.0106. The summed E-state index contributed by atoms with van der Waals surface area (Å²) in [5.74, 6) is 0.748. The third-order valence-electron chi connectivity index (χ3n) is 5.43. The van der Waals surface area contributed by atoms with Gasteiger partial charge in [-0.3, -0.25) is 4.90 Å². The minimum absolute atomic E-state index is 0. The molecule has 0 bridgehead atoms. The summed E-state index contributed by atoms with van der Waals surface area (Å²) in [4.78, 5) is 7.33. The lowest BCUT2D eigenvalue weighted by Crippen LogP contribution is -2.45. The molecule has 0 N–H and O–H groups in total. The topological polar surface area (TPSA) is 34.6 Å². The van der Waals surface area contributed by atoms with Crippen molar-refractivity contribution in [3.05, 3.63) is 33.1 Å². The molecule has 2 heterocycles. The number of hydrogen-bond donors (Lipinski definition) is 0. The largest absolute Gasteiger partial charge is 0.495 e. The van der Waals surface area contributed by atoms with Gasteiger partial charge >= 0.3 is 0 Å². The van der Waals surface area contributed by atoms with Crippen LogP contribution in [-0.2, 0) is 15.7 Å². The first kappa shape index (κ1) is 23.4. The monoisotopic (exact) mass is 444 g/mol. The molecule has 0 saturated carbocycles. The summed E-state index contributed by atoms with van der Waals surface area (Å²) in [7, 11) is 5.94. The van der Waals surface area contributed by atoms with Crippen molar-refractivity contribution in [1.29, 1.82) is 0 Å². The number of rotatable bonds is 4. The molecule has 3 rings (SSSR count). The van der Waals surface area contributed by atoms with Gasteiger partial charge in [-0.25, -0.2) is 4.98 Å². The molecule has 7 heteroatoms. The Labute approximate surface area is 183 Å². The normalized spacial score (nSPS) is 16.7. The number of thiazole rings is 1. The van der Waals surface area contributed by atoms with Crippen molar-refractivity contribution in [1.82, 2.24) is 9.88 Å². The van der Waals surface area contributed by atoms with E-state index < -0.39 is 0 Å². The molecular formula is C21H30Cl2N2O2S. The van der Waals surface area contributed by atoms with Gasteiger partial charge in [-0.1, -0.05) is 32.4 Å². The molecule has 1 saturated heterocycles. The Hall–Kier alpha value is -0.850. The van der Waals surface area contributed by atoms with Crippen LogP contribution < -0.4 is 4.74 Å². The number of nitrogens with zero attached hydrogens (tertiary/aromatic N) is 2. The summed E-state index contributed by atoms with van der Waals surface area (Å²) < 4.78 is 11.2. The van der Waals surface area contributed by atoms with Crippen LogP contribution in [0.1, 0.15) is 44.2 Å². The summed E-state index contributed by atoms with van der Waals surface area (Å²) in [6.07, 6.45) is 1.92. The Morgan fingerprint density at radius 2 is 1.86 bits per heavy atom. The van der Waals surface area contributed by atoms with Crippen LogP contribution in [0, 0.1) is 0 Å². The first-order chi connectivity index (χ1) is 12.7. The van der Waals surface area contributed by atoms with Gasteiger partial charge in [0.1, 0.15) is 10.8 Å². The summed E-state index contributed by atoms with van der Waals surface area (Å²) in [5.41, 5.74) is 2.97. The van der Waals surface area contributed by atoms with Crippen molar-refractivity contribution in [2.75, 3.05) is 34.4 Å². The molecule has 1 fully saturated rings. The number of ether oxygens (including phenoxy) is 2. The fraction of sp³-hybridized carbons (Fsp3) is 0.571. The van der Waals surface area contributed by atoms with E-state index in [1.807, 2.05) is 6.07 Å². The zero-order valence-electron chi connectivity index (χ0n) is 17.5.